The van der Waals surface area contributed by atoms with Gasteiger partial charge >= 0.3 is 0 Å². The summed E-state index contributed by atoms with van der Waals surface area (Å²) in [5, 5.41) is 4.65. The number of nitrogens with one attached hydrogen (secondary N) is 1. The van der Waals surface area contributed by atoms with E-state index in [9.17, 15) is 0 Å². The summed E-state index contributed by atoms with van der Waals surface area (Å²) in [4.78, 5) is 0. The molecule has 1 aromatic carbocycles. The van der Waals surface area contributed by atoms with Crippen molar-refractivity contribution in [1.29, 1.82) is 0 Å². The van der Waals surface area contributed by atoms with E-state index in [2.05, 4.69) is 60.2 Å². The average Bonchev–Trinajstić information content (AvgIpc) is 2.79. The van der Waals surface area contributed by atoms with Crippen LogP contribution in [-0.2, 0) is 0 Å². The van der Waals surface area contributed by atoms with E-state index in [0.717, 1.165) is 34.2 Å². The molecule has 102 valence electrons. The molecule has 1 atom stereocenters. The number of halogens is 1. The molecule has 0 radical (unpaired) electrons. The van der Waals surface area contributed by atoms with Crippen molar-refractivity contribution >= 4 is 26.9 Å². The first-order valence-corrected chi connectivity index (χ1v) is 7.47. The minimum atomic E-state index is 0.143. The second kappa shape index (κ2) is 6.40. The van der Waals surface area contributed by atoms with Crippen LogP contribution < -0.4 is 5.32 Å². The Hall–Kier alpha value is -1.06. The Morgan fingerprint density at radius 2 is 2.21 bits per heavy atom. The molecule has 0 saturated carbocycles. The molecule has 2 aromatic rings. The van der Waals surface area contributed by atoms with Gasteiger partial charge in [0.15, 0.2) is 0 Å². The SMILES string of the molecule is CCCNC(C=C(C)C)c1cc2cccc(Br)c2o1. The van der Waals surface area contributed by atoms with Crippen LogP contribution in [0.2, 0.25) is 0 Å². The van der Waals surface area contributed by atoms with Crippen LogP contribution >= 0.6 is 15.9 Å². The molecule has 1 N–H and O–H groups in total. The van der Waals surface area contributed by atoms with Gasteiger partial charge in [-0.05, 0) is 54.9 Å². The number of hydrogen-bond acceptors (Lipinski definition) is 2. The molecule has 3 heteroatoms. The molecule has 0 aliphatic carbocycles. The van der Waals surface area contributed by atoms with Gasteiger partial charge in [0, 0.05) is 5.39 Å². The van der Waals surface area contributed by atoms with E-state index in [1.165, 1.54) is 5.57 Å². The van der Waals surface area contributed by atoms with E-state index in [1.807, 2.05) is 12.1 Å². The first-order chi connectivity index (χ1) is 9.11. The second-order valence-corrected chi connectivity index (χ2v) is 5.84. The lowest BCUT2D eigenvalue weighted by Gasteiger charge is -2.12. The van der Waals surface area contributed by atoms with Crippen molar-refractivity contribution in [3.63, 3.8) is 0 Å². The highest BCUT2D eigenvalue weighted by Crippen LogP contribution is 2.30. The van der Waals surface area contributed by atoms with Crippen LogP contribution in [0.25, 0.3) is 11.0 Å². The predicted octanol–water partition coefficient (Wildman–Crippen LogP) is 5.20. The molecule has 0 bridgehead atoms. The van der Waals surface area contributed by atoms with Crippen LogP contribution in [-0.4, -0.2) is 6.54 Å². The van der Waals surface area contributed by atoms with Gasteiger partial charge in [-0.3, -0.25) is 0 Å². The maximum Gasteiger partial charge on any atom is 0.148 e. The van der Waals surface area contributed by atoms with Crippen LogP contribution in [0.5, 0.6) is 0 Å². The number of allylic oxidation sites excluding steroid dienone is 1. The highest BCUT2D eigenvalue weighted by Gasteiger charge is 2.14. The number of fused-ring (bicyclic) bond motifs is 1. The van der Waals surface area contributed by atoms with Crippen LogP contribution in [0.15, 0.2) is 44.8 Å². The van der Waals surface area contributed by atoms with Gasteiger partial charge in [-0.1, -0.05) is 30.7 Å². The monoisotopic (exact) mass is 321 g/mol. The Labute approximate surface area is 123 Å². The maximum atomic E-state index is 6.00. The Kier molecular flexibility index (Phi) is 4.83. The summed E-state index contributed by atoms with van der Waals surface area (Å²) in [5.41, 5.74) is 2.20. The topological polar surface area (TPSA) is 25.2 Å². The van der Waals surface area contributed by atoms with Crippen LogP contribution in [0.4, 0.5) is 0 Å². The third-order valence-corrected chi connectivity index (χ3v) is 3.56. The first-order valence-electron chi connectivity index (χ1n) is 6.68. The molecule has 0 aliphatic rings. The molecule has 0 saturated heterocycles. The van der Waals surface area contributed by atoms with Crippen LogP contribution in [0, 0.1) is 0 Å². The zero-order chi connectivity index (χ0) is 13.8. The Balaban J connectivity index is 2.38. The van der Waals surface area contributed by atoms with Gasteiger partial charge in [-0.2, -0.15) is 0 Å². The maximum absolute atomic E-state index is 6.00. The van der Waals surface area contributed by atoms with E-state index in [1.54, 1.807) is 0 Å². The van der Waals surface area contributed by atoms with Crippen molar-refractivity contribution in [2.45, 2.75) is 33.2 Å². The summed E-state index contributed by atoms with van der Waals surface area (Å²) in [5.74, 6) is 0.969. The van der Waals surface area contributed by atoms with Crippen molar-refractivity contribution in [3.05, 3.63) is 46.1 Å². The Bertz CT molecular complexity index is 581. The minimum absolute atomic E-state index is 0.143. The van der Waals surface area contributed by atoms with E-state index < -0.39 is 0 Å². The minimum Gasteiger partial charge on any atom is -0.458 e. The molecule has 0 amide bonds. The molecule has 0 aliphatic heterocycles. The Morgan fingerprint density at radius 1 is 1.42 bits per heavy atom. The quantitative estimate of drug-likeness (QED) is 0.765. The lowest BCUT2D eigenvalue weighted by Crippen LogP contribution is -2.20. The van der Waals surface area contributed by atoms with Gasteiger partial charge in [0.05, 0.1) is 10.5 Å². The fourth-order valence-electron chi connectivity index (χ4n) is 2.08. The predicted molar refractivity (Wildman–Crippen MR) is 84.4 cm³/mol. The molecular formula is C16H20BrNO. The molecule has 1 heterocycles. The molecule has 19 heavy (non-hydrogen) atoms. The van der Waals surface area contributed by atoms with Crippen molar-refractivity contribution in [3.8, 4) is 0 Å². The summed E-state index contributed by atoms with van der Waals surface area (Å²) < 4.78 is 7.01. The van der Waals surface area contributed by atoms with E-state index in [4.69, 9.17) is 4.42 Å². The standard InChI is InChI=1S/C16H20BrNO/c1-4-8-18-14(9-11(2)3)15-10-12-6-5-7-13(17)16(12)19-15/h5-7,9-10,14,18H,4,8H2,1-3H3. The van der Waals surface area contributed by atoms with Gasteiger partial charge in [0.1, 0.15) is 11.3 Å². The third kappa shape index (κ3) is 3.48. The second-order valence-electron chi connectivity index (χ2n) is 4.98. The lowest BCUT2D eigenvalue weighted by molar-refractivity contribution is 0.475. The van der Waals surface area contributed by atoms with Crippen molar-refractivity contribution in [2.75, 3.05) is 6.54 Å². The van der Waals surface area contributed by atoms with Crippen molar-refractivity contribution in [1.82, 2.24) is 5.32 Å². The highest BCUT2D eigenvalue weighted by molar-refractivity contribution is 9.10. The van der Waals surface area contributed by atoms with Gasteiger partial charge in [0.2, 0.25) is 0 Å². The molecular weight excluding hydrogens is 302 g/mol. The summed E-state index contributed by atoms with van der Waals surface area (Å²) in [6.45, 7) is 7.37. The molecule has 1 aromatic heterocycles. The summed E-state index contributed by atoms with van der Waals surface area (Å²) in [6, 6.07) is 8.37. The number of furan rings is 1. The van der Waals surface area contributed by atoms with Gasteiger partial charge in [-0.15, -0.1) is 0 Å². The zero-order valence-corrected chi connectivity index (χ0v) is 13.3. The van der Waals surface area contributed by atoms with Gasteiger partial charge in [0.25, 0.3) is 0 Å². The van der Waals surface area contributed by atoms with Crippen molar-refractivity contribution < 1.29 is 4.42 Å². The highest BCUT2D eigenvalue weighted by atomic mass is 79.9. The number of benzene rings is 1. The molecule has 2 rings (SSSR count). The Morgan fingerprint density at radius 3 is 2.84 bits per heavy atom. The lowest BCUT2D eigenvalue weighted by atomic mass is 10.1. The molecule has 0 fully saturated rings. The summed E-state index contributed by atoms with van der Waals surface area (Å²) >= 11 is 3.53. The van der Waals surface area contributed by atoms with E-state index >= 15 is 0 Å². The van der Waals surface area contributed by atoms with Gasteiger partial charge in [-0.25, -0.2) is 0 Å². The number of para-hydroxylation sites is 1. The third-order valence-electron chi connectivity index (χ3n) is 2.94. The van der Waals surface area contributed by atoms with Crippen molar-refractivity contribution in [2.24, 2.45) is 0 Å². The molecule has 0 spiro atoms. The largest absolute Gasteiger partial charge is 0.458 e. The smallest absolute Gasteiger partial charge is 0.148 e. The molecule has 1 unspecified atom stereocenters. The van der Waals surface area contributed by atoms with Crippen LogP contribution in [0.1, 0.15) is 39.0 Å². The van der Waals surface area contributed by atoms with Crippen LogP contribution in [0.3, 0.4) is 0 Å². The van der Waals surface area contributed by atoms with E-state index in [-0.39, 0.29) is 6.04 Å². The normalized spacial score (nSPS) is 12.6. The van der Waals surface area contributed by atoms with Gasteiger partial charge < -0.3 is 9.73 Å². The average molecular weight is 322 g/mol. The van der Waals surface area contributed by atoms with E-state index in [0.29, 0.717) is 0 Å². The number of hydrogen-bond donors (Lipinski definition) is 1. The number of rotatable bonds is 5. The summed E-state index contributed by atoms with van der Waals surface area (Å²) in [6.07, 6.45) is 3.32. The fourth-order valence-corrected chi connectivity index (χ4v) is 2.54. The first kappa shape index (κ1) is 14.4. The molecule has 2 nitrogen and oxygen atoms in total. The zero-order valence-electron chi connectivity index (χ0n) is 11.7. The fraction of sp³-hybridized carbons (Fsp3) is 0.375. The summed E-state index contributed by atoms with van der Waals surface area (Å²) in [7, 11) is 0.